The maximum Gasteiger partial charge on any atom is 0.270 e. The van der Waals surface area contributed by atoms with Crippen molar-refractivity contribution in [3.8, 4) is 0 Å². The second kappa shape index (κ2) is 8.84. The molecule has 0 radical (unpaired) electrons. The molecule has 1 saturated heterocycles. The molecule has 1 aliphatic heterocycles. The van der Waals surface area contributed by atoms with Crippen LogP contribution in [0.15, 0.2) is 42.9 Å². The number of carbonyl (C=O) groups excluding carboxylic acids is 1. The molecule has 32 heavy (non-hydrogen) atoms. The van der Waals surface area contributed by atoms with Crippen LogP contribution in [-0.4, -0.2) is 45.1 Å². The maximum atomic E-state index is 13.3. The highest BCUT2D eigenvalue weighted by Crippen LogP contribution is 2.30. The Bertz CT molecular complexity index is 1280. The second-order valence-corrected chi connectivity index (χ2v) is 8.66. The van der Waals surface area contributed by atoms with Gasteiger partial charge in [-0.15, -0.1) is 0 Å². The van der Waals surface area contributed by atoms with E-state index in [9.17, 15) is 4.79 Å². The molecular weight excluding hydrogens is 426 g/mol. The number of ether oxygens (including phenoxy) is 1. The summed E-state index contributed by atoms with van der Waals surface area (Å²) in [5, 5.41) is 5.23. The number of nitrogens with zero attached hydrogens (tertiary/aromatic N) is 3. The summed E-state index contributed by atoms with van der Waals surface area (Å²) in [5.41, 5.74) is 3.91. The highest BCUT2D eigenvalue weighted by Gasteiger charge is 2.23. The summed E-state index contributed by atoms with van der Waals surface area (Å²) in [4.78, 5) is 30.1. The zero-order valence-corrected chi connectivity index (χ0v) is 18.5. The second-order valence-electron chi connectivity index (χ2n) is 8.26. The minimum atomic E-state index is -0.198. The van der Waals surface area contributed by atoms with Gasteiger partial charge in [-0.3, -0.25) is 9.78 Å². The molecule has 3 aromatic heterocycles. The van der Waals surface area contributed by atoms with Crippen LogP contribution < -0.4 is 5.32 Å². The van der Waals surface area contributed by atoms with E-state index in [2.05, 4.69) is 27.2 Å². The van der Waals surface area contributed by atoms with Gasteiger partial charge in [-0.1, -0.05) is 30.7 Å². The lowest BCUT2D eigenvalue weighted by molar-refractivity contribution is 0.0695. The number of hydrogen-bond acceptors (Lipinski definition) is 5. The summed E-state index contributed by atoms with van der Waals surface area (Å²) < 4.78 is 5.41. The van der Waals surface area contributed by atoms with E-state index in [-0.39, 0.29) is 17.9 Å². The Labute approximate surface area is 190 Å². The first-order chi connectivity index (χ1) is 15.6. The lowest BCUT2D eigenvalue weighted by atomic mass is 9.97. The SMILES string of the molecule is C[C@H](Cc1nccc2[nH]cnc12)c1cc2cccc(Cl)c2c(C(=O)NC2CCOCC2)n1. The van der Waals surface area contributed by atoms with Gasteiger partial charge in [0.2, 0.25) is 0 Å². The van der Waals surface area contributed by atoms with E-state index in [1.807, 2.05) is 24.3 Å². The Hall–Kier alpha value is -3.03. The lowest BCUT2D eigenvalue weighted by Gasteiger charge is -2.23. The fourth-order valence-electron chi connectivity index (χ4n) is 4.27. The number of aromatic amines is 1. The van der Waals surface area contributed by atoms with Gasteiger partial charge in [-0.2, -0.15) is 0 Å². The van der Waals surface area contributed by atoms with E-state index in [0.29, 0.717) is 35.7 Å². The highest BCUT2D eigenvalue weighted by atomic mass is 35.5. The molecular formula is C24H24ClN5O2. The maximum absolute atomic E-state index is 13.3. The lowest BCUT2D eigenvalue weighted by Crippen LogP contribution is -2.39. The molecule has 8 heteroatoms. The van der Waals surface area contributed by atoms with Crippen LogP contribution in [-0.2, 0) is 11.2 Å². The van der Waals surface area contributed by atoms with Crippen molar-refractivity contribution in [1.82, 2.24) is 25.3 Å². The Kier molecular flexibility index (Phi) is 5.76. The van der Waals surface area contributed by atoms with Gasteiger partial charge < -0.3 is 15.0 Å². The van der Waals surface area contributed by atoms with E-state index in [4.69, 9.17) is 21.3 Å². The number of nitrogens with one attached hydrogen (secondary N) is 2. The van der Waals surface area contributed by atoms with Gasteiger partial charge in [-0.05, 0) is 36.4 Å². The highest BCUT2D eigenvalue weighted by molar-refractivity contribution is 6.36. The standard InChI is InChI=1S/C24H24ClN5O2/c1-14(11-20-22-18(5-8-26-20)27-13-28-22)19-12-15-3-2-4-17(25)21(15)23(30-19)24(31)29-16-6-9-32-10-7-16/h2-5,8,12-14,16H,6-7,9-11H2,1H3,(H,27,28)(H,29,31)/t14-/m1/s1. The quantitative estimate of drug-likeness (QED) is 0.470. The number of imidazole rings is 1. The van der Waals surface area contributed by atoms with E-state index < -0.39 is 0 Å². The van der Waals surface area contributed by atoms with Crippen LogP contribution >= 0.6 is 11.6 Å². The summed E-state index contributed by atoms with van der Waals surface area (Å²) >= 11 is 6.50. The molecule has 7 nitrogen and oxygen atoms in total. The molecule has 0 bridgehead atoms. The molecule has 1 aromatic carbocycles. The molecule has 4 heterocycles. The molecule has 1 fully saturated rings. The van der Waals surface area contributed by atoms with Crippen molar-refractivity contribution in [3.05, 3.63) is 65.0 Å². The number of amides is 1. The van der Waals surface area contributed by atoms with E-state index in [1.54, 1.807) is 18.6 Å². The van der Waals surface area contributed by atoms with Crippen molar-refractivity contribution in [2.45, 2.75) is 38.1 Å². The van der Waals surface area contributed by atoms with Crippen LogP contribution in [0, 0.1) is 0 Å². The van der Waals surface area contributed by atoms with E-state index >= 15 is 0 Å². The molecule has 1 aliphatic rings. The summed E-state index contributed by atoms with van der Waals surface area (Å²) in [6.07, 6.45) is 5.71. The number of hydrogen-bond donors (Lipinski definition) is 2. The molecule has 0 saturated carbocycles. The van der Waals surface area contributed by atoms with Gasteiger partial charge in [0.15, 0.2) is 0 Å². The van der Waals surface area contributed by atoms with Crippen LogP contribution in [0.4, 0.5) is 0 Å². The summed E-state index contributed by atoms with van der Waals surface area (Å²) in [6, 6.07) is 9.66. The Balaban J connectivity index is 1.50. The van der Waals surface area contributed by atoms with Crippen LogP contribution in [0.1, 0.15) is 47.6 Å². The molecule has 5 rings (SSSR count). The van der Waals surface area contributed by atoms with Gasteiger partial charge >= 0.3 is 0 Å². The number of H-pyrrole nitrogens is 1. The number of halogens is 1. The molecule has 0 aliphatic carbocycles. The van der Waals surface area contributed by atoms with Crippen molar-refractivity contribution in [3.63, 3.8) is 0 Å². The average molecular weight is 450 g/mol. The minimum absolute atomic E-state index is 0.0304. The van der Waals surface area contributed by atoms with E-state index in [0.717, 1.165) is 40.6 Å². The average Bonchev–Trinajstić information content (AvgIpc) is 3.29. The third-order valence-corrected chi connectivity index (χ3v) is 6.33. The molecule has 4 aromatic rings. The first kappa shape index (κ1) is 20.8. The molecule has 164 valence electrons. The number of pyridine rings is 2. The van der Waals surface area contributed by atoms with Gasteiger partial charge in [-0.25, -0.2) is 9.97 Å². The fraction of sp³-hybridized carbons (Fsp3) is 0.333. The third-order valence-electron chi connectivity index (χ3n) is 6.02. The smallest absolute Gasteiger partial charge is 0.270 e. The Morgan fingerprint density at radius 2 is 2.12 bits per heavy atom. The fourth-order valence-corrected chi connectivity index (χ4v) is 4.54. The van der Waals surface area contributed by atoms with E-state index in [1.165, 1.54) is 0 Å². The summed E-state index contributed by atoms with van der Waals surface area (Å²) in [6.45, 7) is 3.40. The first-order valence-electron chi connectivity index (χ1n) is 10.8. The van der Waals surface area contributed by atoms with Crippen LogP contribution in [0.25, 0.3) is 21.8 Å². The van der Waals surface area contributed by atoms with Crippen molar-refractivity contribution in [2.75, 3.05) is 13.2 Å². The predicted molar refractivity (Wildman–Crippen MR) is 124 cm³/mol. The van der Waals surface area contributed by atoms with Gasteiger partial charge in [0, 0.05) is 48.9 Å². The zero-order chi connectivity index (χ0) is 22.1. The number of fused-ring (bicyclic) bond motifs is 2. The van der Waals surface area contributed by atoms with Crippen LogP contribution in [0.2, 0.25) is 5.02 Å². The Morgan fingerprint density at radius 1 is 1.28 bits per heavy atom. The molecule has 1 amide bonds. The number of rotatable bonds is 5. The summed E-state index contributed by atoms with van der Waals surface area (Å²) in [7, 11) is 0. The minimum Gasteiger partial charge on any atom is -0.381 e. The third kappa shape index (κ3) is 4.06. The molecule has 1 atom stereocenters. The molecule has 0 spiro atoms. The van der Waals surface area contributed by atoms with Gasteiger partial charge in [0.25, 0.3) is 5.91 Å². The molecule has 0 unspecified atom stereocenters. The number of carbonyl (C=O) groups is 1. The monoisotopic (exact) mass is 449 g/mol. The predicted octanol–water partition coefficient (Wildman–Crippen LogP) is 4.41. The van der Waals surface area contributed by atoms with Crippen molar-refractivity contribution in [1.29, 1.82) is 0 Å². The normalized spacial score (nSPS) is 15.8. The largest absolute Gasteiger partial charge is 0.381 e. The van der Waals surface area contributed by atoms with Crippen molar-refractivity contribution < 1.29 is 9.53 Å². The number of aromatic nitrogens is 4. The van der Waals surface area contributed by atoms with Gasteiger partial charge in [0.05, 0.1) is 22.6 Å². The van der Waals surface area contributed by atoms with Crippen LogP contribution in [0.3, 0.4) is 0 Å². The first-order valence-corrected chi connectivity index (χ1v) is 11.2. The van der Waals surface area contributed by atoms with Crippen molar-refractivity contribution >= 4 is 39.3 Å². The van der Waals surface area contributed by atoms with Crippen LogP contribution in [0.5, 0.6) is 0 Å². The molecule has 2 N–H and O–H groups in total. The number of benzene rings is 1. The van der Waals surface area contributed by atoms with Gasteiger partial charge in [0.1, 0.15) is 11.2 Å². The topological polar surface area (TPSA) is 92.8 Å². The summed E-state index contributed by atoms with van der Waals surface area (Å²) in [5.74, 6) is -0.167. The van der Waals surface area contributed by atoms with Crippen molar-refractivity contribution in [2.24, 2.45) is 0 Å². The Morgan fingerprint density at radius 3 is 2.97 bits per heavy atom. The zero-order valence-electron chi connectivity index (χ0n) is 17.8.